The van der Waals surface area contributed by atoms with E-state index in [9.17, 15) is 9.59 Å². The Labute approximate surface area is 156 Å². The molecule has 138 valence electrons. The predicted molar refractivity (Wildman–Crippen MR) is 99.9 cm³/mol. The van der Waals surface area contributed by atoms with E-state index >= 15 is 0 Å². The van der Waals surface area contributed by atoms with Crippen molar-refractivity contribution in [3.05, 3.63) is 54.1 Å². The van der Waals surface area contributed by atoms with Crippen LogP contribution >= 0.6 is 0 Å². The van der Waals surface area contributed by atoms with E-state index in [2.05, 4.69) is 15.8 Å². The van der Waals surface area contributed by atoms with E-state index in [1.165, 1.54) is 0 Å². The molecule has 0 saturated carbocycles. The van der Waals surface area contributed by atoms with Gasteiger partial charge in [0, 0.05) is 24.6 Å². The molecule has 0 radical (unpaired) electrons. The van der Waals surface area contributed by atoms with Crippen LogP contribution in [0.4, 0.5) is 5.69 Å². The molecule has 27 heavy (non-hydrogen) atoms. The first-order valence-corrected chi connectivity index (χ1v) is 8.79. The molecule has 2 N–H and O–H groups in total. The highest BCUT2D eigenvalue weighted by atomic mass is 16.7. The van der Waals surface area contributed by atoms with Crippen molar-refractivity contribution in [2.24, 2.45) is 5.10 Å². The van der Waals surface area contributed by atoms with Gasteiger partial charge in [-0.1, -0.05) is 30.3 Å². The number of hydrazone groups is 1. The van der Waals surface area contributed by atoms with Gasteiger partial charge in [0.05, 0.1) is 0 Å². The summed E-state index contributed by atoms with van der Waals surface area (Å²) in [6.45, 7) is 0.180. The lowest BCUT2D eigenvalue weighted by atomic mass is 10.0. The average molecular weight is 365 g/mol. The lowest BCUT2D eigenvalue weighted by molar-refractivity contribution is -0.117. The average Bonchev–Trinajstić information content (AvgIpc) is 3.36. The number of ether oxygens (including phenoxy) is 2. The van der Waals surface area contributed by atoms with Crippen LogP contribution in [0.1, 0.15) is 18.4 Å². The molecule has 2 heterocycles. The summed E-state index contributed by atoms with van der Waals surface area (Å²) < 4.78 is 10.6. The molecule has 0 saturated heterocycles. The Hall–Kier alpha value is -3.35. The number of hydrogen-bond donors (Lipinski definition) is 2. The summed E-state index contributed by atoms with van der Waals surface area (Å²) in [5, 5.41) is 6.87. The molecule has 0 fully saturated rings. The van der Waals surface area contributed by atoms with Crippen LogP contribution in [-0.2, 0) is 16.0 Å². The summed E-state index contributed by atoms with van der Waals surface area (Å²) in [6, 6.07) is 14.5. The smallest absolute Gasteiger partial charge is 0.248 e. The van der Waals surface area contributed by atoms with Crippen LogP contribution in [0.3, 0.4) is 0 Å². The molecule has 2 aromatic carbocycles. The second kappa shape index (κ2) is 7.49. The topological polar surface area (TPSA) is 89.0 Å². The fraction of sp³-hybridized carbons (Fsp3) is 0.250. The lowest BCUT2D eigenvalue weighted by Crippen LogP contribution is -2.35. The third kappa shape index (κ3) is 3.92. The number of fused-ring (bicyclic) bond motifs is 1. The van der Waals surface area contributed by atoms with Gasteiger partial charge >= 0.3 is 0 Å². The number of nitrogens with one attached hydrogen (secondary N) is 2. The van der Waals surface area contributed by atoms with Crippen LogP contribution in [0.5, 0.6) is 11.5 Å². The monoisotopic (exact) mass is 365 g/mol. The van der Waals surface area contributed by atoms with Crippen LogP contribution in [0.15, 0.2) is 53.6 Å². The van der Waals surface area contributed by atoms with Gasteiger partial charge in [0.2, 0.25) is 12.7 Å². The van der Waals surface area contributed by atoms with Gasteiger partial charge in [-0.15, -0.1) is 0 Å². The molecule has 4 rings (SSSR count). The molecular weight excluding hydrogens is 346 g/mol. The maximum absolute atomic E-state index is 12.4. The Kier molecular flexibility index (Phi) is 4.74. The highest BCUT2D eigenvalue weighted by Gasteiger charge is 2.29. The minimum atomic E-state index is -0.564. The zero-order valence-corrected chi connectivity index (χ0v) is 14.6. The van der Waals surface area contributed by atoms with Gasteiger partial charge in [0.25, 0.3) is 0 Å². The summed E-state index contributed by atoms with van der Waals surface area (Å²) in [4.78, 5) is 24.8. The van der Waals surface area contributed by atoms with Crippen LogP contribution in [0.25, 0.3) is 0 Å². The molecule has 1 amide bonds. The lowest BCUT2D eigenvalue weighted by Gasteiger charge is -2.11. The quantitative estimate of drug-likeness (QED) is 0.820. The highest BCUT2D eigenvalue weighted by Crippen LogP contribution is 2.34. The zero-order valence-electron chi connectivity index (χ0n) is 14.6. The zero-order chi connectivity index (χ0) is 18.6. The molecule has 2 aromatic rings. The molecule has 0 spiro atoms. The number of Topliss-reactive ketones (excluding diaryl/α,β-unsaturated/α-hetero) is 1. The predicted octanol–water partition coefficient (Wildman–Crippen LogP) is 2.27. The summed E-state index contributed by atoms with van der Waals surface area (Å²) >= 11 is 0. The van der Waals surface area contributed by atoms with Crippen LogP contribution in [-0.4, -0.2) is 30.2 Å². The number of carbonyl (C=O) groups is 2. The van der Waals surface area contributed by atoms with E-state index in [1.807, 2.05) is 30.3 Å². The normalized spacial score (nSPS) is 17.2. The Morgan fingerprint density at radius 1 is 1.11 bits per heavy atom. The molecule has 1 atom stereocenters. The van der Waals surface area contributed by atoms with Crippen molar-refractivity contribution in [2.75, 3.05) is 12.1 Å². The van der Waals surface area contributed by atoms with Crippen LogP contribution in [0, 0.1) is 0 Å². The fourth-order valence-corrected chi connectivity index (χ4v) is 3.02. The standard InChI is InChI=1S/C20H19N3O4/c24-17(8-6-13-4-2-1-3-5-13)15-11-16(23-22-15)20(25)21-14-7-9-18-19(10-14)27-12-26-18/h1-5,7,9-10,16,23H,6,8,11-12H2,(H,21,25). The minimum absolute atomic E-state index is 0.0373. The maximum atomic E-state index is 12.4. The van der Waals surface area contributed by atoms with Crippen LogP contribution < -0.4 is 20.2 Å². The number of nitrogens with zero attached hydrogens (tertiary/aromatic N) is 1. The summed E-state index contributed by atoms with van der Waals surface area (Å²) in [6.07, 6.45) is 1.32. The van der Waals surface area contributed by atoms with Crippen molar-refractivity contribution < 1.29 is 19.1 Å². The second-order valence-electron chi connectivity index (χ2n) is 6.41. The molecule has 0 bridgehead atoms. The van der Waals surface area contributed by atoms with Crippen molar-refractivity contribution in [3.8, 4) is 11.5 Å². The Bertz CT molecular complexity index is 895. The number of hydrogen-bond acceptors (Lipinski definition) is 6. The third-order valence-electron chi connectivity index (χ3n) is 4.51. The molecule has 7 heteroatoms. The molecular formula is C20H19N3O4. The maximum Gasteiger partial charge on any atom is 0.248 e. The molecule has 0 aromatic heterocycles. The third-order valence-corrected chi connectivity index (χ3v) is 4.51. The van der Waals surface area contributed by atoms with Gasteiger partial charge in [-0.3, -0.25) is 15.0 Å². The number of amides is 1. The van der Waals surface area contributed by atoms with E-state index in [4.69, 9.17) is 9.47 Å². The Balaban J connectivity index is 1.29. The molecule has 7 nitrogen and oxygen atoms in total. The number of ketones is 1. The molecule has 2 aliphatic heterocycles. The second-order valence-corrected chi connectivity index (χ2v) is 6.41. The SMILES string of the molecule is O=C(CCc1ccccc1)C1=NNC(C(=O)Nc2ccc3c(c2)OCO3)C1. The molecule has 1 unspecified atom stereocenters. The van der Waals surface area contributed by atoms with Crippen molar-refractivity contribution >= 4 is 23.1 Å². The molecule has 2 aliphatic rings. The summed E-state index contributed by atoms with van der Waals surface area (Å²) in [5.41, 5.74) is 4.88. The number of anilines is 1. The van der Waals surface area contributed by atoms with Crippen molar-refractivity contribution in [3.63, 3.8) is 0 Å². The molecule has 0 aliphatic carbocycles. The van der Waals surface area contributed by atoms with Crippen molar-refractivity contribution in [1.82, 2.24) is 5.43 Å². The summed E-state index contributed by atoms with van der Waals surface area (Å²) in [5.74, 6) is 0.968. The number of benzene rings is 2. The largest absolute Gasteiger partial charge is 0.454 e. The van der Waals surface area contributed by atoms with E-state index in [1.54, 1.807) is 18.2 Å². The number of aryl methyl sites for hydroxylation is 1. The van der Waals surface area contributed by atoms with Crippen molar-refractivity contribution in [2.45, 2.75) is 25.3 Å². The number of carbonyl (C=O) groups excluding carboxylic acids is 2. The van der Waals surface area contributed by atoms with E-state index in [0.29, 0.717) is 35.7 Å². The Morgan fingerprint density at radius 3 is 2.78 bits per heavy atom. The van der Waals surface area contributed by atoms with Gasteiger partial charge in [0.1, 0.15) is 11.8 Å². The van der Waals surface area contributed by atoms with Gasteiger partial charge in [-0.25, -0.2) is 0 Å². The van der Waals surface area contributed by atoms with E-state index in [0.717, 1.165) is 5.56 Å². The van der Waals surface area contributed by atoms with E-state index in [-0.39, 0.29) is 24.9 Å². The van der Waals surface area contributed by atoms with Gasteiger partial charge in [-0.2, -0.15) is 5.10 Å². The number of rotatable bonds is 6. The first kappa shape index (κ1) is 17.1. The highest BCUT2D eigenvalue weighted by molar-refractivity contribution is 6.40. The Morgan fingerprint density at radius 2 is 1.93 bits per heavy atom. The van der Waals surface area contributed by atoms with Crippen LogP contribution in [0.2, 0.25) is 0 Å². The summed E-state index contributed by atoms with van der Waals surface area (Å²) in [7, 11) is 0. The first-order valence-electron chi connectivity index (χ1n) is 8.79. The fourth-order valence-electron chi connectivity index (χ4n) is 3.02. The van der Waals surface area contributed by atoms with Gasteiger partial charge < -0.3 is 14.8 Å². The van der Waals surface area contributed by atoms with E-state index < -0.39 is 6.04 Å². The van der Waals surface area contributed by atoms with Gasteiger partial charge in [-0.05, 0) is 24.1 Å². The van der Waals surface area contributed by atoms with Gasteiger partial charge in [0.15, 0.2) is 17.3 Å². The first-order chi connectivity index (χ1) is 13.2. The van der Waals surface area contributed by atoms with Crippen molar-refractivity contribution in [1.29, 1.82) is 0 Å². The minimum Gasteiger partial charge on any atom is -0.454 e.